The smallest absolute Gasteiger partial charge is 0.322 e. The van der Waals surface area contributed by atoms with Crippen molar-refractivity contribution in [3.8, 4) is 0 Å². The van der Waals surface area contributed by atoms with Crippen molar-refractivity contribution >= 4 is 11.7 Å². The van der Waals surface area contributed by atoms with Crippen LogP contribution in [0.3, 0.4) is 0 Å². The highest BCUT2D eigenvalue weighted by atomic mass is 16.5. The zero-order valence-electron chi connectivity index (χ0n) is 14.8. The van der Waals surface area contributed by atoms with E-state index in [1.807, 2.05) is 29.3 Å². The van der Waals surface area contributed by atoms with Crippen LogP contribution in [0, 0.1) is 0 Å². The summed E-state index contributed by atoms with van der Waals surface area (Å²) in [4.78, 5) is 17.0. The summed E-state index contributed by atoms with van der Waals surface area (Å²) >= 11 is 0. The summed E-state index contributed by atoms with van der Waals surface area (Å²) < 4.78 is 6.81. The molecule has 2 amide bonds. The van der Waals surface area contributed by atoms with Gasteiger partial charge in [-0.1, -0.05) is 30.3 Å². The fraction of sp³-hybridized carbons (Fsp3) is 0.444. The molecule has 3 rings (SSSR count). The first kappa shape index (κ1) is 17.4. The van der Waals surface area contributed by atoms with E-state index in [4.69, 9.17) is 4.74 Å². The Labute approximate surface area is 148 Å². The highest BCUT2D eigenvalue weighted by Crippen LogP contribution is 2.25. The molecule has 1 aromatic heterocycles. The van der Waals surface area contributed by atoms with Gasteiger partial charge in [0.25, 0.3) is 0 Å². The second kappa shape index (κ2) is 8.13. The summed E-state index contributed by atoms with van der Waals surface area (Å²) in [6.07, 6.45) is 3.49. The molecule has 1 aliphatic heterocycles. The first-order valence-electron chi connectivity index (χ1n) is 8.50. The number of urea groups is 1. The molecule has 7 nitrogen and oxygen atoms in total. The molecule has 7 heteroatoms. The predicted molar refractivity (Wildman–Crippen MR) is 96.5 cm³/mol. The lowest BCUT2D eigenvalue weighted by Gasteiger charge is -2.40. The molecule has 1 N–H and O–H groups in total. The number of carbonyl (C=O) groups is 1. The molecule has 1 fully saturated rings. The van der Waals surface area contributed by atoms with Crippen LogP contribution in [0.5, 0.6) is 0 Å². The average molecular weight is 343 g/mol. The third-order valence-corrected chi connectivity index (χ3v) is 4.44. The van der Waals surface area contributed by atoms with E-state index in [9.17, 15) is 4.79 Å². The summed E-state index contributed by atoms with van der Waals surface area (Å²) in [5.74, 6) is 0. The van der Waals surface area contributed by atoms with Gasteiger partial charge in [0, 0.05) is 32.9 Å². The van der Waals surface area contributed by atoms with Gasteiger partial charge < -0.3 is 19.9 Å². The first-order chi connectivity index (χ1) is 12.2. The number of piperazine rings is 1. The number of benzene rings is 1. The van der Waals surface area contributed by atoms with Gasteiger partial charge in [-0.2, -0.15) is 5.10 Å². The van der Waals surface area contributed by atoms with Gasteiger partial charge in [0.2, 0.25) is 0 Å². The van der Waals surface area contributed by atoms with Gasteiger partial charge in [0.1, 0.15) is 0 Å². The second-order valence-electron chi connectivity index (χ2n) is 6.30. The minimum atomic E-state index is -0.0896. The standard InChI is InChI=1S/C18H25N5O2/c1-21-8-9-23(17(14-21)15-6-4-3-5-7-15)18(24)20-16-12-19-22(13-16)10-11-25-2/h3-7,12-13,17H,8-11,14H2,1-2H3,(H,20,24). The van der Waals surface area contributed by atoms with E-state index < -0.39 is 0 Å². The van der Waals surface area contributed by atoms with Crippen LogP contribution in [0.1, 0.15) is 11.6 Å². The minimum absolute atomic E-state index is 0.0449. The topological polar surface area (TPSA) is 62.6 Å². The minimum Gasteiger partial charge on any atom is -0.383 e. The number of rotatable bonds is 5. The number of methoxy groups -OCH3 is 1. The van der Waals surface area contributed by atoms with Crippen LogP contribution in [-0.4, -0.2) is 66.0 Å². The molecule has 2 heterocycles. The van der Waals surface area contributed by atoms with Gasteiger partial charge in [0.05, 0.1) is 31.1 Å². The van der Waals surface area contributed by atoms with Crippen molar-refractivity contribution in [3.05, 3.63) is 48.3 Å². The molecule has 0 radical (unpaired) electrons. The molecule has 2 aromatic rings. The molecule has 1 atom stereocenters. The van der Waals surface area contributed by atoms with E-state index in [-0.39, 0.29) is 12.1 Å². The van der Waals surface area contributed by atoms with E-state index in [2.05, 4.69) is 34.5 Å². The van der Waals surface area contributed by atoms with Gasteiger partial charge in [0.15, 0.2) is 0 Å². The Morgan fingerprint density at radius 2 is 2.12 bits per heavy atom. The number of amides is 2. The van der Waals surface area contributed by atoms with E-state index in [1.165, 1.54) is 0 Å². The van der Waals surface area contributed by atoms with Crippen molar-refractivity contribution in [1.82, 2.24) is 19.6 Å². The molecule has 1 saturated heterocycles. The lowest BCUT2D eigenvalue weighted by molar-refractivity contribution is 0.116. The van der Waals surface area contributed by atoms with Crippen LogP contribution in [0.4, 0.5) is 10.5 Å². The molecule has 1 aliphatic rings. The Balaban J connectivity index is 1.69. The number of likely N-dealkylation sites (N-methyl/N-ethyl adjacent to an activating group) is 1. The van der Waals surface area contributed by atoms with Crippen LogP contribution in [0.25, 0.3) is 0 Å². The van der Waals surface area contributed by atoms with Gasteiger partial charge in [-0.05, 0) is 12.6 Å². The van der Waals surface area contributed by atoms with Crippen molar-refractivity contribution in [2.75, 3.05) is 45.7 Å². The molecule has 0 spiro atoms. The Hall–Kier alpha value is -2.38. The second-order valence-corrected chi connectivity index (χ2v) is 6.30. The number of nitrogens with zero attached hydrogens (tertiary/aromatic N) is 4. The number of carbonyl (C=O) groups excluding carboxylic acids is 1. The zero-order valence-corrected chi connectivity index (χ0v) is 14.8. The van der Waals surface area contributed by atoms with Crippen molar-refractivity contribution in [1.29, 1.82) is 0 Å². The van der Waals surface area contributed by atoms with Crippen LogP contribution in [-0.2, 0) is 11.3 Å². The maximum absolute atomic E-state index is 12.8. The summed E-state index contributed by atoms with van der Waals surface area (Å²) in [7, 11) is 3.74. The Morgan fingerprint density at radius 1 is 1.32 bits per heavy atom. The number of ether oxygens (including phenoxy) is 1. The third kappa shape index (κ3) is 4.37. The zero-order chi connectivity index (χ0) is 17.6. The monoisotopic (exact) mass is 343 g/mol. The Morgan fingerprint density at radius 3 is 2.88 bits per heavy atom. The van der Waals surface area contributed by atoms with Crippen molar-refractivity contribution < 1.29 is 9.53 Å². The highest BCUT2D eigenvalue weighted by Gasteiger charge is 2.30. The third-order valence-electron chi connectivity index (χ3n) is 4.44. The predicted octanol–water partition coefficient (Wildman–Crippen LogP) is 2.05. The first-order valence-corrected chi connectivity index (χ1v) is 8.50. The highest BCUT2D eigenvalue weighted by molar-refractivity contribution is 5.89. The molecule has 1 aromatic carbocycles. The maximum Gasteiger partial charge on any atom is 0.322 e. The molecule has 1 unspecified atom stereocenters. The Bertz CT molecular complexity index is 688. The van der Waals surface area contributed by atoms with E-state index >= 15 is 0 Å². The lowest BCUT2D eigenvalue weighted by atomic mass is 10.0. The van der Waals surface area contributed by atoms with Gasteiger partial charge in [-0.15, -0.1) is 0 Å². The van der Waals surface area contributed by atoms with Crippen LogP contribution >= 0.6 is 0 Å². The van der Waals surface area contributed by atoms with Gasteiger partial charge >= 0.3 is 6.03 Å². The summed E-state index contributed by atoms with van der Waals surface area (Å²) in [6, 6.07) is 10.1. The number of hydrogen-bond donors (Lipinski definition) is 1. The fourth-order valence-corrected chi connectivity index (χ4v) is 3.05. The van der Waals surface area contributed by atoms with Crippen LogP contribution < -0.4 is 5.32 Å². The van der Waals surface area contributed by atoms with Crippen LogP contribution in [0.15, 0.2) is 42.7 Å². The number of anilines is 1. The molecule has 25 heavy (non-hydrogen) atoms. The van der Waals surface area contributed by atoms with Gasteiger partial charge in [-0.25, -0.2) is 4.79 Å². The van der Waals surface area contributed by atoms with Gasteiger partial charge in [-0.3, -0.25) is 4.68 Å². The van der Waals surface area contributed by atoms with E-state index in [1.54, 1.807) is 18.0 Å². The lowest BCUT2D eigenvalue weighted by Crippen LogP contribution is -2.50. The summed E-state index contributed by atoms with van der Waals surface area (Å²) in [5, 5.41) is 7.20. The molecular formula is C18H25N5O2. The van der Waals surface area contributed by atoms with Crippen LogP contribution in [0.2, 0.25) is 0 Å². The molecule has 0 bridgehead atoms. The molecular weight excluding hydrogens is 318 g/mol. The van der Waals surface area contributed by atoms with E-state index in [0.717, 1.165) is 18.7 Å². The van der Waals surface area contributed by atoms with Crippen molar-refractivity contribution in [2.45, 2.75) is 12.6 Å². The quantitative estimate of drug-likeness (QED) is 0.903. The van der Waals surface area contributed by atoms with E-state index in [0.29, 0.717) is 25.4 Å². The largest absolute Gasteiger partial charge is 0.383 e. The molecule has 0 aliphatic carbocycles. The average Bonchev–Trinajstić information content (AvgIpc) is 3.07. The number of aromatic nitrogens is 2. The van der Waals surface area contributed by atoms with Crippen molar-refractivity contribution in [2.24, 2.45) is 0 Å². The Kier molecular flexibility index (Phi) is 5.67. The van der Waals surface area contributed by atoms with Crippen molar-refractivity contribution in [3.63, 3.8) is 0 Å². The SMILES string of the molecule is COCCn1cc(NC(=O)N2CCN(C)CC2c2ccccc2)cn1. The number of nitrogens with one attached hydrogen (secondary N) is 1. The normalized spacial score (nSPS) is 18.3. The molecule has 0 saturated carbocycles. The number of hydrogen-bond acceptors (Lipinski definition) is 4. The summed E-state index contributed by atoms with van der Waals surface area (Å²) in [5.41, 5.74) is 1.85. The molecule has 134 valence electrons. The fourth-order valence-electron chi connectivity index (χ4n) is 3.05. The maximum atomic E-state index is 12.8. The summed E-state index contributed by atoms with van der Waals surface area (Å²) in [6.45, 7) is 3.63.